The van der Waals surface area contributed by atoms with Crippen molar-refractivity contribution in [3.8, 4) is 0 Å². The lowest BCUT2D eigenvalue weighted by Gasteiger charge is -2.56. The van der Waals surface area contributed by atoms with Crippen LogP contribution in [0.25, 0.3) is 0 Å². The van der Waals surface area contributed by atoms with Crippen LogP contribution >= 0.6 is 0 Å². The van der Waals surface area contributed by atoms with Gasteiger partial charge in [-0.3, -0.25) is 0 Å². The van der Waals surface area contributed by atoms with Crippen LogP contribution in [0.4, 0.5) is 4.39 Å². The highest BCUT2D eigenvalue weighted by molar-refractivity contribution is 5.12. The summed E-state index contributed by atoms with van der Waals surface area (Å²) >= 11 is 0. The average Bonchev–Trinajstić information content (AvgIpc) is 1.54. The highest BCUT2D eigenvalue weighted by Crippen LogP contribution is 2.48. The van der Waals surface area contributed by atoms with E-state index in [0.29, 0.717) is 0 Å². The quantitative estimate of drug-likeness (QED) is 0.519. The predicted octanol–water partition coefficient (Wildman–Crippen LogP) is 1.24. The predicted molar refractivity (Wildman–Crippen MR) is 34.1 cm³/mol. The standard InChI is InChI=1S/C7H12FN/c1-6(8)4-7(5-6)2-3-9-7/h9H,2-5H2,1H3. The van der Waals surface area contributed by atoms with E-state index >= 15 is 0 Å². The summed E-state index contributed by atoms with van der Waals surface area (Å²) in [4.78, 5) is 0. The molecule has 0 aromatic carbocycles. The van der Waals surface area contributed by atoms with Gasteiger partial charge >= 0.3 is 0 Å². The van der Waals surface area contributed by atoms with Crippen LogP contribution in [0.1, 0.15) is 26.2 Å². The molecule has 2 fully saturated rings. The van der Waals surface area contributed by atoms with E-state index in [1.807, 2.05) is 0 Å². The van der Waals surface area contributed by atoms with Gasteiger partial charge in [-0.25, -0.2) is 4.39 Å². The van der Waals surface area contributed by atoms with Gasteiger partial charge in [0.25, 0.3) is 0 Å². The molecule has 1 aliphatic heterocycles. The third kappa shape index (κ3) is 0.692. The second-order valence-corrected chi connectivity index (χ2v) is 3.72. The fraction of sp³-hybridized carbons (Fsp3) is 1.00. The van der Waals surface area contributed by atoms with Crippen molar-refractivity contribution in [3.05, 3.63) is 0 Å². The Morgan fingerprint density at radius 2 is 2.00 bits per heavy atom. The maximum absolute atomic E-state index is 12.9. The SMILES string of the molecule is CC1(F)CC2(CCN2)C1. The lowest BCUT2D eigenvalue weighted by molar-refractivity contribution is -0.0541. The van der Waals surface area contributed by atoms with Crippen molar-refractivity contribution in [1.82, 2.24) is 5.32 Å². The van der Waals surface area contributed by atoms with E-state index in [2.05, 4.69) is 5.32 Å². The minimum Gasteiger partial charge on any atom is -0.311 e. The van der Waals surface area contributed by atoms with Crippen molar-refractivity contribution in [3.63, 3.8) is 0 Å². The van der Waals surface area contributed by atoms with Gasteiger partial charge in [0.1, 0.15) is 5.67 Å². The number of rotatable bonds is 0. The van der Waals surface area contributed by atoms with Crippen LogP contribution in [-0.4, -0.2) is 17.8 Å². The molecular formula is C7H12FN. The lowest BCUT2D eigenvalue weighted by Crippen LogP contribution is -2.68. The molecule has 0 unspecified atom stereocenters. The maximum Gasteiger partial charge on any atom is 0.111 e. The first-order valence-corrected chi connectivity index (χ1v) is 3.56. The highest BCUT2D eigenvalue weighted by atomic mass is 19.1. The lowest BCUT2D eigenvalue weighted by atomic mass is 9.62. The van der Waals surface area contributed by atoms with Crippen LogP contribution in [0, 0.1) is 0 Å². The Bertz CT molecular complexity index is 128. The van der Waals surface area contributed by atoms with E-state index in [0.717, 1.165) is 19.4 Å². The van der Waals surface area contributed by atoms with Crippen LogP contribution in [0.5, 0.6) is 0 Å². The van der Waals surface area contributed by atoms with E-state index in [1.165, 1.54) is 6.42 Å². The molecule has 9 heavy (non-hydrogen) atoms. The number of halogens is 1. The Balaban J connectivity index is 1.96. The van der Waals surface area contributed by atoms with Crippen molar-refractivity contribution in [2.45, 2.75) is 37.4 Å². The summed E-state index contributed by atoms with van der Waals surface area (Å²) in [7, 11) is 0. The molecule has 0 aromatic rings. The summed E-state index contributed by atoms with van der Waals surface area (Å²) in [5.74, 6) is 0. The van der Waals surface area contributed by atoms with Crippen molar-refractivity contribution < 1.29 is 4.39 Å². The molecule has 1 heterocycles. The van der Waals surface area contributed by atoms with Crippen LogP contribution < -0.4 is 5.32 Å². The van der Waals surface area contributed by atoms with Crippen molar-refractivity contribution in [1.29, 1.82) is 0 Å². The molecule has 0 bridgehead atoms. The first kappa shape index (κ1) is 5.66. The summed E-state index contributed by atoms with van der Waals surface area (Å²) in [6, 6.07) is 0. The zero-order valence-electron chi connectivity index (χ0n) is 5.71. The molecule has 1 N–H and O–H groups in total. The van der Waals surface area contributed by atoms with Gasteiger partial charge in [-0.2, -0.15) is 0 Å². The monoisotopic (exact) mass is 129 g/mol. The Kier molecular flexibility index (Phi) is 0.825. The van der Waals surface area contributed by atoms with Gasteiger partial charge in [-0.05, 0) is 32.7 Å². The molecule has 1 aliphatic carbocycles. The third-order valence-electron chi connectivity index (χ3n) is 2.52. The van der Waals surface area contributed by atoms with Crippen LogP contribution in [0.3, 0.4) is 0 Å². The third-order valence-corrected chi connectivity index (χ3v) is 2.52. The van der Waals surface area contributed by atoms with Gasteiger partial charge < -0.3 is 5.32 Å². The van der Waals surface area contributed by atoms with E-state index in [-0.39, 0.29) is 5.54 Å². The van der Waals surface area contributed by atoms with E-state index in [1.54, 1.807) is 6.92 Å². The van der Waals surface area contributed by atoms with Crippen LogP contribution in [-0.2, 0) is 0 Å². The van der Waals surface area contributed by atoms with Crippen LogP contribution in [0.15, 0.2) is 0 Å². The molecule has 52 valence electrons. The number of nitrogens with one attached hydrogen (secondary N) is 1. The molecule has 0 radical (unpaired) electrons. The van der Waals surface area contributed by atoms with Gasteiger partial charge in [-0.1, -0.05) is 0 Å². The summed E-state index contributed by atoms with van der Waals surface area (Å²) in [5.41, 5.74) is -0.600. The number of hydrogen-bond acceptors (Lipinski definition) is 1. The molecule has 1 spiro atoms. The topological polar surface area (TPSA) is 12.0 Å². The molecule has 0 aromatic heterocycles. The zero-order chi connectivity index (χ0) is 6.54. The Labute approximate surface area is 54.6 Å². The van der Waals surface area contributed by atoms with Crippen LogP contribution in [0.2, 0.25) is 0 Å². The molecule has 0 amide bonds. The number of hydrogen-bond donors (Lipinski definition) is 1. The van der Waals surface area contributed by atoms with Gasteiger partial charge in [0.2, 0.25) is 0 Å². The molecule has 1 saturated carbocycles. The van der Waals surface area contributed by atoms with Crippen molar-refractivity contribution >= 4 is 0 Å². The average molecular weight is 129 g/mol. The summed E-state index contributed by atoms with van der Waals surface area (Å²) in [6.45, 7) is 2.79. The maximum atomic E-state index is 12.9. The van der Waals surface area contributed by atoms with Gasteiger partial charge in [0.05, 0.1) is 0 Å². The summed E-state index contributed by atoms with van der Waals surface area (Å²) < 4.78 is 12.9. The molecule has 2 aliphatic rings. The van der Waals surface area contributed by atoms with Gasteiger partial charge in [-0.15, -0.1) is 0 Å². The minimum absolute atomic E-state index is 0.253. The fourth-order valence-electron chi connectivity index (χ4n) is 2.14. The Hall–Kier alpha value is -0.110. The first-order valence-electron chi connectivity index (χ1n) is 3.56. The molecule has 1 nitrogen and oxygen atoms in total. The smallest absolute Gasteiger partial charge is 0.111 e. The summed E-state index contributed by atoms with van der Waals surface area (Å²) in [5, 5.41) is 3.27. The van der Waals surface area contributed by atoms with Crippen molar-refractivity contribution in [2.75, 3.05) is 6.54 Å². The molecule has 2 rings (SSSR count). The zero-order valence-corrected chi connectivity index (χ0v) is 5.71. The number of alkyl halides is 1. The fourth-order valence-corrected chi connectivity index (χ4v) is 2.14. The van der Waals surface area contributed by atoms with Gasteiger partial charge in [0.15, 0.2) is 0 Å². The molecule has 1 saturated heterocycles. The molecule has 0 atom stereocenters. The normalized spacial score (nSPS) is 56.7. The Morgan fingerprint density at radius 1 is 1.44 bits per heavy atom. The summed E-state index contributed by atoms with van der Waals surface area (Å²) in [6.07, 6.45) is 2.66. The van der Waals surface area contributed by atoms with Gasteiger partial charge in [0, 0.05) is 5.54 Å². The largest absolute Gasteiger partial charge is 0.311 e. The molecular weight excluding hydrogens is 117 g/mol. The second kappa shape index (κ2) is 1.31. The van der Waals surface area contributed by atoms with Crippen molar-refractivity contribution in [2.24, 2.45) is 0 Å². The van der Waals surface area contributed by atoms with E-state index in [9.17, 15) is 4.39 Å². The minimum atomic E-state index is -0.854. The molecule has 2 heteroatoms. The Morgan fingerprint density at radius 3 is 2.11 bits per heavy atom. The second-order valence-electron chi connectivity index (χ2n) is 3.72. The highest BCUT2D eigenvalue weighted by Gasteiger charge is 2.55. The van der Waals surface area contributed by atoms with E-state index < -0.39 is 5.67 Å². The first-order chi connectivity index (χ1) is 4.12. The van der Waals surface area contributed by atoms with E-state index in [4.69, 9.17) is 0 Å².